The molecule has 0 saturated carbocycles. The summed E-state index contributed by atoms with van der Waals surface area (Å²) < 4.78 is 5.10. The Morgan fingerprint density at radius 1 is 1.00 bits per heavy atom. The number of aromatic nitrogens is 1. The van der Waals surface area contributed by atoms with Gasteiger partial charge in [-0.25, -0.2) is 9.78 Å². The van der Waals surface area contributed by atoms with Gasteiger partial charge in [-0.2, -0.15) is 0 Å². The normalized spacial score (nSPS) is 10.8. The minimum absolute atomic E-state index is 0.0284. The van der Waals surface area contributed by atoms with Crippen LogP contribution in [0.2, 0.25) is 0 Å². The molecule has 0 atom stereocenters. The van der Waals surface area contributed by atoms with Crippen molar-refractivity contribution >= 4 is 28.3 Å². The summed E-state index contributed by atoms with van der Waals surface area (Å²) in [6.45, 7) is 6.23. The Labute approximate surface area is 181 Å². The standard InChI is InChI=1S/C24H26N2O3S/c1-4-26(24-25-17(3)22(30-24)23(28)29-5-2)21(27)16-20(18-12-8-6-9-13-18)19-14-10-7-11-15-19/h6-15,20H,4-5,16H2,1-3H3. The number of nitrogens with zero attached hydrogens (tertiary/aromatic N) is 2. The average Bonchev–Trinajstić information content (AvgIpc) is 3.15. The third-order valence-electron chi connectivity index (χ3n) is 4.88. The van der Waals surface area contributed by atoms with E-state index < -0.39 is 5.97 Å². The predicted octanol–water partition coefficient (Wildman–Crippen LogP) is 5.20. The van der Waals surface area contributed by atoms with Crippen LogP contribution in [-0.2, 0) is 9.53 Å². The Hall–Kier alpha value is -2.99. The summed E-state index contributed by atoms with van der Waals surface area (Å²) in [7, 11) is 0. The molecule has 1 heterocycles. The van der Waals surface area contributed by atoms with Crippen molar-refractivity contribution in [2.45, 2.75) is 33.1 Å². The molecule has 0 aliphatic heterocycles. The van der Waals surface area contributed by atoms with E-state index in [0.29, 0.717) is 35.3 Å². The molecule has 0 saturated heterocycles. The quantitative estimate of drug-likeness (QED) is 0.468. The minimum atomic E-state index is -0.395. The van der Waals surface area contributed by atoms with Crippen LogP contribution < -0.4 is 4.90 Å². The molecule has 6 heteroatoms. The molecule has 0 fully saturated rings. The van der Waals surface area contributed by atoms with Crippen molar-refractivity contribution in [2.75, 3.05) is 18.1 Å². The Kier molecular flexibility index (Phi) is 7.36. The zero-order valence-corrected chi connectivity index (χ0v) is 18.3. The number of thiazole rings is 1. The van der Waals surface area contributed by atoms with E-state index in [9.17, 15) is 9.59 Å². The van der Waals surface area contributed by atoms with E-state index >= 15 is 0 Å². The number of benzene rings is 2. The van der Waals surface area contributed by atoms with E-state index in [-0.39, 0.29) is 11.8 Å². The number of esters is 1. The van der Waals surface area contributed by atoms with E-state index in [0.717, 1.165) is 11.1 Å². The summed E-state index contributed by atoms with van der Waals surface area (Å²) in [5, 5.41) is 0.530. The van der Waals surface area contributed by atoms with Crippen LogP contribution in [0.4, 0.5) is 5.13 Å². The van der Waals surface area contributed by atoms with Gasteiger partial charge in [0.2, 0.25) is 5.91 Å². The lowest BCUT2D eigenvalue weighted by molar-refractivity contribution is -0.118. The molecule has 0 aliphatic rings. The Morgan fingerprint density at radius 3 is 2.07 bits per heavy atom. The number of aryl methyl sites for hydroxylation is 1. The number of hydrogen-bond donors (Lipinski definition) is 0. The van der Waals surface area contributed by atoms with Crippen LogP contribution in [0.3, 0.4) is 0 Å². The second kappa shape index (κ2) is 10.2. The molecule has 0 spiro atoms. The maximum absolute atomic E-state index is 13.3. The van der Waals surface area contributed by atoms with Gasteiger partial charge in [0.25, 0.3) is 0 Å². The van der Waals surface area contributed by atoms with Crippen LogP contribution in [0.5, 0.6) is 0 Å². The molecule has 1 aromatic heterocycles. The Morgan fingerprint density at radius 2 is 1.57 bits per heavy atom. The SMILES string of the molecule is CCOC(=O)c1sc(N(CC)C(=O)CC(c2ccccc2)c2ccccc2)nc1C. The fourth-order valence-corrected chi connectivity index (χ4v) is 4.43. The highest BCUT2D eigenvalue weighted by Crippen LogP contribution is 2.32. The lowest BCUT2D eigenvalue weighted by atomic mass is 9.88. The van der Waals surface area contributed by atoms with Gasteiger partial charge >= 0.3 is 5.97 Å². The predicted molar refractivity (Wildman–Crippen MR) is 120 cm³/mol. The van der Waals surface area contributed by atoms with Crippen molar-refractivity contribution in [2.24, 2.45) is 0 Å². The second-order valence-electron chi connectivity index (χ2n) is 6.85. The number of hydrogen-bond acceptors (Lipinski definition) is 5. The number of amides is 1. The van der Waals surface area contributed by atoms with Crippen molar-refractivity contribution in [3.05, 3.63) is 82.4 Å². The van der Waals surface area contributed by atoms with Crippen molar-refractivity contribution in [3.8, 4) is 0 Å². The molecule has 5 nitrogen and oxygen atoms in total. The summed E-state index contributed by atoms with van der Waals surface area (Å²) >= 11 is 1.21. The molecule has 0 N–H and O–H groups in total. The number of ether oxygens (including phenoxy) is 1. The van der Waals surface area contributed by atoms with Gasteiger partial charge in [0, 0.05) is 18.9 Å². The summed E-state index contributed by atoms with van der Waals surface area (Å²) in [5.74, 6) is -0.479. The number of anilines is 1. The van der Waals surface area contributed by atoms with Crippen LogP contribution in [-0.4, -0.2) is 30.0 Å². The zero-order chi connectivity index (χ0) is 21.5. The fraction of sp³-hybridized carbons (Fsp3) is 0.292. The molecule has 3 aromatic rings. The molecular weight excluding hydrogens is 396 g/mol. The van der Waals surface area contributed by atoms with Crippen LogP contribution >= 0.6 is 11.3 Å². The molecule has 30 heavy (non-hydrogen) atoms. The van der Waals surface area contributed by atoms with Crippen molar-refractivity contribution < 1.29 is 14.3 Å². The average molecular weight is 423 g/mol. The molecule has 3 rings (SSSR count). The Balaban J connectivity index is 1.87. The number of carbonyl (C=O) groups is 2. The molecule has 0 aliphatic carbocycles. The summed E-state index contributed by atoms with van der Waals surface area (Å²) in [5.41, 5.74) is 2.77. The van der Waals surface area contributed by atoms with Crippen LogP contribution in [0.15, 0.2) is 60.7 Å². The van der Waals surface area contributed by atoms with Gasteiger partial charge < -0.3 is 4.74 Å². The molecule has 0 bridgehead atoms. The fourth-order valence-electron chi connectivity index (χ4n) is 3.39. The maximum Gasteiger partial charge on any atom is 0.350 e. The number of rotatable bonds is 8. The first-order chi connectivity index (χ1) is 14.5. The van der Waals surface area contributed by atoms with Crippen molar-refractivity contribution in [1.82, 2.24) is 4.98 Å². The van der Waals surface area contributed by atoms with Crippen molar-refractivity contribution in [1.29, 1.82) is 0 Å². The first-order valence-corrected chi connectivity index (χ1v) is 10.9. The molecule has 1 amide bonds. The van der Waals surface area contributed by atoms with Crippen LogP contribution in [0, 0.1) is 6.92 Å². The lowest BCUT2D eigenvalue weighted by Crippen LogP contribution is -2.31. The Bertz CT molecular complexity index is 947. The molecule has 0 unspecified atom stereocenters. The molecule has 2 aromatic carbocycles. The highest BCUT2D eigenvalue weighted by molar-refractivity contribution is 7.17. The first kappa shape index (κ1) is 21.7. The summed E-state index contributed by atoms with van der Waals surface area (Å²) in [6.07, 6.45) is 0.315. The van der Waals surface area contributed by atoms with Crippen LogP contribution in [0.1, 0.15) is 52.7 Å². The maximum atomic E-state index is 13.3. The smallest absolute Gasteiger partial charge is 0.350 e. The number of carbonyl (C=O) groups excluding carboxylic acids is 2. The molecular formula is C24H26N2O3S. The van der Waals surface area contributed by atoms with E-state index in [4.69, 9.17) is 4.74 Å². The summed E-state index contributed by atoms with van der Waals surface area (Å²) in [4.78, 5) is 32.1. The van der Waals surface area contributed by atoms with Gasteiger partial charge in [-0.15, -0.1) is 0 Å². The molecule has 156 valence electrons. The zero-order valence-electron chi connectivity index (χ0n) is 17.5. The van der Waals surface area contributed by atoms with E-state index in [1.807, 2.05) is 67.6 Å². The van der Waals surface area contributed by atoms with Gasteiger partial charge in [0.1, 0.15) is 4.88 Å². The minimum Gasteiger partial charge on any atom is -0.462 e. The van der Waals surface area contributed by atoms with Gasteiger partial charge in [-0.3, -0.25) is 9.69 Å². The largest absolute Gasteiger partial charge is 0.462 e. The molecule has 0 radical (unpaired) electrons. The van der Waals surface area contributed by atoms with Crippen molar-refractivity contribution in [3.63, 3.8) is 0 Å². The summed E-state index contributed by atoms with van der Waals surface area (Å²) in [6, 6.07) is 20.1. The monoisotopic (exact) mass is 422 g/mol. The first-order valence-electron chi connectivity index (χ1n) is 10.1. The highest BCUT2D eigenvalue weighted by atomic mass is 32.1. The highest BCUT2D eigenvalue weighted by Gasteiger charge is 2.26. The van der Waals surface area contributed by atoms with Gasteiger partial charge in [0.15, 0.2) is 5.13 Å². The third kappa shape index (κ3) is 4.94. The van der Waals surface area contributed by atoms with E-state index in [1.165, 1.54) is 11.3 Å². The van der Waals surface area contributed by atoms with Gasteiger partial charge in [0.05, 0.1) is 12.3 Å². The van der Waals surface area contributed by atoms with E-state index in [2.05, 4.69) is 4.98 Å². The van der Waals surface area contributed by atoms with Gasteiger partial charge in [-0.05, 0) is 31.9 Å². The van der Waals surface area contributed by atoms with Crippen LogP contribution in [0.25, 0.3) is 0 Å². The van der Waals surface area contributed by atoms with Gasteiger partial charge in [-0.1, -0.05) is 72.0 Å². The second-order valence-corrected chi connectivity index (χ2v) is 7.83. The lowest BCUT2D eigenvalue weighted by Gasteiger charge is -2.23. The third-order valence-corrected chi connectivity index (χ3v) is 6.04. The van der Waals surface area contributed by atoms with E-state index in [1.54, 1.807) is 18.7 Å². The topological polar surface area (TPSA) is 59.5 Å².